The number of benzene rings is 1. The average molecular weight is 545 g/mol. The minimum absolute atomic E-state index is 0. The Labute approximate surface area is 226 Å². The second kappa shape index (κ2) is 12.6. The van der Waals surface area contributed by atoms with Gasteiger partial charge in [0.1, 0.15) is 16.5 Å². The summed E-state index contributed by atoms with van der Waals surface area (Å²) < 4.78 is 5.45. The number of methoxy groups -OCH3 is 1. The molecule has 1 fully saturated rings. The van der Waals surface area contributed by atoms with Crippen molar-refractivity contribution in [2.24, 2.45) is 0 Å². The van der Waals surface area contributed by atoms with Crippen molar-refractivity contribution in [3.63, 3.8) is 0 Å². The lowest BCUT2D eigenvalue weighted by molar-refractivity contribution is -0.121. The highest BCUT2D eigenvalue weighted by molar-refractivity contribution is 7.13. The van der Waals surface area contributed by atoms with Crippen LogP contribution in [0.25, 0.3) is 10.7 Å². The topological polar surface area (TPSA) is 83.5 Å². The van der Waals surface area contributed by atoms with Gasteiger partial charge in [-0.1, -0.05) is 30.3 Å². The summed E-state index contributed by atoms with van der Waals surface area (Å²) in [6, 6.07) is 17.7. The Kier molecular flexibility index (Phi) is 9.60. The first-order chi connectivity index (χ1) is 16.7. The van der Waals surface area contributed by atoms with Crippen LogP contribution in [0.2, 0.25) is 0 Å². The van der Waals surface area contributed by atoms with Crippen LogP contribution < -0.4 is 15.0 Å². The normalized spacial score (nSPS) is 13.5. The van der Waals surface area contributed by atoms with Crippen LogP contribution in [0, 0.1) is 0 Å². The van der Waals surface area contributed by atoms with Gasteiger partial charge in [-0.2, -0.15) is 0 Å². The molecule has 36 heavy (non-hydrogen) atoms. The molecule has 1 aliphatic heterocycles. The maximum Gasteiger partial charge on any atom is 0.241 e. The molecular formula is C25H26Cl2N6O2S. The molecule has 0 spiro atoms. The number of carbonyl (C=O) groups excluding carboxylic acids is 1. The molecular weight excluding hydrogens is 519 g/mol. The number of ether oxygens (including phenoxy) is 1. The number of carbonyl (C=O) groups is 1. The van der Waals surface area contributed by atoms with Crippen molar-refractivity contribution in [2.45, 2.75) is 6.54 Å². The first-order valence-corrected chi connectivity index (χ1v) is 11.8. The van der Waals surface area contributed by atoms with E-state index in [4.69, 9.17) is 4.74 Å². The van der Waals surface area contributed by atoms with Crippen LogP contribution in [-0.4, -0.2) is 52.5 Å². The second-order valence-corrected chi connectivity index (χ2v) is 8.75. The van der Waals surface area contributed by atoms with Crippen LogP contribution >= 0.6 is 36.2 Å². The van der Waals surface area contributed by atoms with E-state index in [1.807, 2.05) is 47.8 Å². The number of nitrogens with zero attached hydrogens (tertiary/aromatic N) is 5. The standard InChI is InChI=1S/C25H24N6O2S.2ClH/c1-33-21-9-8-20(25-26-11-14-34-25)28-24(21)29-22-10-7-19(15-27-22)31-13-12-30(17-23(31)32)16-18-5-3-2-4-6-18;;/h2-11,14-15H,12-13,16-17H2,1H3,(H,27,28,29);2*1H. The van der Waals surface area contributed by atoms with Gasteiger partial charge in [-0.15, -0.1) is 36.2 Å². The van der Waals surface area contributed by atoms with E-state index in [0.717, 1.165) is 29.5 Å². The number of aromatic nitrogens is 3. The van der Waals surface area contributed by atoms with Crippen molar-refractivity contribution in [1.82, 2.24) is 19.9 Å². The van der Waals surface area contributed by atoms with E-state index in [2.05, 4.69) is 37.3 Å². The number of hydrogen-bond acceptors (Lipinski definition) is 8. The van der Waals surface area contributed by atoms with Crippen LogP contribution in [-0.2, 0) is 11.3 Å². The minimum atomic E-state index is 0. The number of piperazine rings is 1. The molecule has 0 saturated carbocycles. The number of anilines is 3. The number of pyridine rings is 2. The predicted molar refractivity (Wildman–Crippen MR) is 148 cm³/mol. The molecule has 4 aromatic rings. The highest BCUT2D eigenvalue weighted by atomic mass is 35.5. The Morgan fingerprint density at radius 1 is 1.03 bits per heavy atom. The van der Waals surface area contributed by atoms with Crippen LogP contribution in [0.15, 0.2) is 72.4 Å². The largest absolute Gasteiger partial charge is 0.493 e. The van der Waals surface area contributed by atoms with Crippen molar-refractivity contribution in [3.05, 3.63) is 77.9 Å². The van der Waals surface area contributed by atoms with E-state index in [1.165, 1.54) is 16.9 Å². The average Bonchev–Trinajstić information content (AvgIpc) is 3.41. The van der Waals surface area contributed by atoms with Gasteiger partial charge in [0, 0.05) is 31.2 Å². The molecule has 0 atom stereocenters. The molecule has 1 aliphatic rings. The van der Waals surface area contributed by atoms with E-state index in [0.29, 0.717) is 30.5 Å². The number of rotatable bonds is 7. The first kappa shape index (κ1) is 27.3. The Morgan fingerprint density at radius 3 is 2.53 bits per heavy atom. The van der Waals surface area contributed by atoms with E-state index >= 15 is 0 Å². The maximum atomic E-state index is 12.8. The molecule has 8 nitrogen and oxygen atoms in total. The summed E-state index contributed by atoms with van der Waals surface area (Å²) in [7, 11) is 1.60. The number of nitrogens with one attached hydrogen (secondary N) is 1. The van der Waals surface area contributed by atoms with Crippen LogP contribution in [0.4, 0.5) is 17.3 Å². The van der Waals surface area contributed by atoms with Gasteiger partial charge in [-0.05, 0) is 29.8 Å². The van der Waals surface area contributed by atoms with Crippen molar-refractivity contribution in [1.29, 1.82) is 0 Å². The van der Waals surface area contributed by atoms with E-state index in [9.17, 15) is 4.79 Å². The third kappa shape index (κ3) is 6.30. The summed E-state index contributed by atoms with van der Waals surface area (Å²) in [5.41, 5.74) is 2.75. The molecule has 0 unspecified atom stereocenters. The fourth-order valence-corrected chi connectivity index (χ4v) is 4.49. The third-order valence-electron chi connectivity index (χ3n) is 5.58. The van der Waals surface area contributed by atoms with E-state index in [1.54, 1.807) is 24.4 Å². The number of thiazole rings is 1. The molecule has 0 aliphatic carbocycles. The first-order valence-electron chi connectivity index (χ1n) is 10.9. The van der Waals surface area contributed by atoms with Gasteiger partial charge in [0.15, 0.2) is 11.6 Å². The van der Waals surface area contributed by atoms with E-state index in [-0.39, 0.29) is 30.7 Å². The SMILES string of the molecule is COc1ccc(-c2nccs2)nc1Nc1ccc(N2CCN(Cc3ccccc3)CC2=O)cn1.Cl.Cl. The summed E-state index contributed by atoms with van der Waals surface area (Å²) >= 11 is 1.52. The van der Waals surface area contributed by atoms with Crippen LogP contribution in [0.3, 0.4) is 0 Å². The minimum Gasteiger partial charge on any atom is -0.493 e. The number of hydrogen-bond donors (Lipinski definition) is 1. The smallest absolute Gasteiger partial charge is 0.241 e. The molecule has 3 aromatic heterocycles. The van der Waals surface area contributed by atoms with Crippen molar-refractivity contribution >= 4 is 59.4 Å². The van der Waals surface area contributed by atoms with Gasteiger partial charge in [-0.25, -0.2) is 15.0 Å². The maximum absolute atomic E-state index is 12.8. The molecule has 4 heterocycles. The molecule has 1 N–H and O–H groups in total. The Bertz CT molecular complexity index is 1260. The van der Waals surface area contributed by atoms with Crippen molar-refractivity contribution in [3.8, 4) is 16.5 Å². The lowest BCUT2D eigenvalue weighted by Crippen LogP contribution is -2.50. The Balaban J connectivity index is 0.00000180. The summed E-state index contributed by atoms with van der Waals surface area (Å²) in [5.74, 6) is 1.85. The fraction of sp³-hybridized carbons (Fsp3) is 0.200. The van der Waals surface area contributed by atoms with Gasteiger partial charge in [-0.3, -0.25) is 9.69 Å². The highest BCUT2D eigenvalue weighted by Gasteiger charge is 2.25. The highest BCUT2D eigenvalue weighted by Crippen LogP contribution is 2.30. The molecule has 1 saturated heterocycles. The van der Waals surface area contributed by atoms with Gasteiger partial charge < -0.3 is 15.0 Å². The fourth-order valence-electron chi connectivity index (χ4n) is 3.88. The van der Waals surface area contributed by atoms with E-state index < -0.39 is 0 Å². The Morgan fingerprint density at radius 2 is 1.86 bits per heavy atom. The van der Waals surface area contributed by atoms with Crippen LogP contribution in [0.5, 0.6) is 5.75 Å². The Hall–Kier alpha value is -3.24. The third-order valence-corrected chi connectivity index (χ3v) is 6.38. The zero-order valence-corrected chi connectivity index (χ0v) is 22.0. The van der Waals surface area contributed by atoms with Crippen molar-refractivity contribution in [2.75, 3.05) is 37.0 Å². The lowest BCUT2D eigenvalue weighted by Gasteiger charge is -2.34. The summed E-state index contributed by atoms with van der Waals surface area (Å²) in [5, 5.41) is 5.97. The number of halogens is 2. The van der Waals surface area contributed by atoms with Crippen LogP contribution in [0.1, 0.15) is 5.56 Å². The zero-order valence-electron chi connectivity index (χ0n) is 19.5. The summed E-state index contributed by atoms with van der Waals surface area (Å²) in [4.78, 5) is 30.3. The van der Waals surface area contributed by atoms with Gasteiger partial charge in [0.05, 0.1) is 25.5 Å². The second-order valence-electron chi connectivity index (χ2n) is 7.85. The molecule has 5 rings (SSSR count). The van der Waals surface area contributed by atoms with Gasteiger partial charge in [0.25, 0.3) is 0 Å². The summed E-state index contributed by atoms with van der Waals surface area (Å²) in [6.45, 7) is 2.60. The molecule has 0 bridgehead atoms. The quantitative estimate of drug-likeness (QED) is 0.348. The molecule has 1 amide bonds. The molecule has 0 radical (unpaired) electrons. The monoisotopic (exact) mass is 544 g/mol. The zero-order chi connectivity index (χ0) is 23.3. The van der Waals surface area contributed by atoms with Gasteiger partial charge >= 0.3 is 0 Å². The molecule has 11 heteroatoms. The predicted octanol–water partition coefficient (Wildman–Crippen LogP) is 5.04. The summed E-state index contributed by atoms with van der Waals surface area (Å²) in [6.07, 6.45) is 3.46. The van der Waals surface area contributed by atoms with Crippen molar-refractivity contribution < 1.29 is 9.53 Å². The molecule has 1 aromatic carbocycles. The molecule has 188 valence electrons. The lowest BCUT2D eigenvalue weighted by atomic mass is 10.2. The van der Waals surface area contributed by atoms with Gasteiger partial charge in [0.2, 0.25) is 5.91 Å². The number of amides is 1.